The summed E-state index contributed by atoms with van der Waals surface area (Å²) in [6.45, 7) is 3.28. The van der Waals surface area contributed by atoms with Crippen LogP contribution in [0.1, 0.15) is 29.4 Å². The molecule has 2 aromatic carbocycles. The maximum atomic E-state index is 12.3. The standard InChI is InChI=1S/C19H20N2O2/c1-2-10-23-16-8-9-17-15(11-16)12-18(21-17)19(22)20-13-14-6-4-3-5-7-14/h3-9,11-12,21H,2,10,13H2,1H3,(H,20,22). The van der Waals surface area contributed by atoms with Gasteiger partial charge in [0.25, 0.3) is 5.91 Å². The SMILES string of the molecule is CCCOc1ccc2[nH]c(C(=O)NCc3ccccc3)cc2c1. The molecule has 0 saturated carbocycles. The summed E-state index contributed by atoms with van der Waals surface area (Å²) in [7, 11) is 0. The Morgan fingerprint density at radius 3 is 2.74 bits per heavy atom. The quantitative estimate of drug-likeness (QED) is 0.726. The average molecular weight is 308 g/mol. The van der Waals surface area contributed by atoms with Gasteiger partial charge in [-0.3, -0.25) is 4.79 Å². The molecule has 4 heteroatoms. The summed E-state index contributed by atoms with van der Waals surface area (Å²) in [6.07, 6.45) is 0.971. The Balaban J connectivity index is 1.70. The van der Waals surface area contributed by atoms with E-state index in [0.717, 1.165) is 28.6 Å². The van der Waals surface area contributed by atoms with Gasteiger partial charge < -0.3 is 15.0 Å². The van der Waals surface area contributed by atoms with Gasteiger partial charge in [0.1, 0.15) is 11.4 Å². The number of hydrogen-bond acceptors (Lipinski definition) is 2. The number of fused-ring (bicyclic) bond motifs is 1. The lowest BCUT2D eigenvalue weighted by molar-refractivity contribution is 0.0947. The van der Waals surface area contributed by atoms with Crippen LogP contribution in [0.2, 0.25) is 0 Å². The van der Waals surface area contributed by atoms with E-state index in [9.17, 15) is 4.79 Å². The monoisotopic (exact) mass is 308 g/mol. The molecule has 2 N–H and O–H groups in total. The van der Waals surface area contributed by atoms with Crippen LogP contribution in [-0.4, -0.2) is 17.5 Å². The molecule has 0 unspecified atom stereocenters. The minimum atomic E-state index is -0.110. The summed E-state index contributed by atoms with van der Waals surface area (Å²) in [5.74, 6) is 0.718. The van der Waals surface area contributed by atoms with Crippen molar-refractivity contribution >= 4 is 16.8 Å². The molecule has 1 aromatic heterocycles. The Labute approximate surface area is 135 Å². The van der Waals surface area contributed by atoms with Gasteiger partial charge in [-0.1, -0.05) is 37.3 Å². The van der Waals surface area contributed by atoms with Gasteiger partial charge in [-0.2, -0.15) is 0 Å². The highest BCUT2D eigenvalue weighted by molar-refractivity contribution is 5.98. The minimum absolute atomic E-state index is 0.110. The van der Waals surface area contributed by atoms with E-state index in [-0.39, 0.29) is 5.91 Å². The molecule has 3 aromatic rings. The number of ether oxygens (including phenoxy) is 1. The number of H-pyrrole nitrogens is 1. The molecule has 0 bridgehead atoms. The molecule has 4 nitrogen and oxygen atoms in total. The average Bonchev–Trinajstić information content (AvgIpc) is 3.02. The van der Waals surface area contributed by atoms with Crippen molar-refractivity contribution in [3.8, 4) is 5.75 Å². The van der Waals surface area contributed by atoms with Crippen molar-refractivity contribution in [3.05, 3.63) is 65.9 Å². The van der Waals surface area contributed by atoms with Crippen molar-refractivity contribution in [1.82, 2.24) is 10.3 Å². The van der Waals surface area contributed by atoms with Crippen LogP contribution in [0.25, 0.3) is 10.9 Å². The van der Waals surface area contributed by atoms with E-state index in [1.807, 2.05) is 54.6 Å². The fraction of sp³-hybridized carbons (Fsp3) is 0.211. The molecule has 3 rings (SSSR count). The fourth-order valence-electron chi connectivity index (χ4n) is 2.42. The molecule has 0 aliphatic carbocycles. The van der Waals surface area contributed by atoms with Crippen LogP contribution in [0.5, 0.6) is 5.75 Å². The highest BCUT2D eigenvalue weighted by atomic mass is 16.5. The zero-order chi connectivity index (χ0) is 16.1. The molecule has 0 aliphatic heterocycles. The van der Waals surface area contributed by atoms with Gasteiger partial charge in [0.05, 0.1) is 6.61 Å². The molecule has 0 atom stereocenters. The van der Waals surface area contributed by atoms with Gasteiger partial charge >= 0.3 is 0 Å². The minimum Gasteiger partial charge on any atom is -0.494 e. The third-order valence-electron chi connectivity index (χ3n) is 3.61. The Hall–Kier alpha value is -2.75. The van der Waals surface area contributed by atoms with Crippen molar-refractivity contribution in [2.75, 3.05) is 6.61 Å². The third-order valence-corrected chi connectivity index (χ3v) is 3.61. The summed E-state index contributed by atoms with van der Waals surface area (Å²) in [6, 6.07) is 17.5. The number of amides is 1. The first-order chi connectivity index (χ1) is 11.3. The van der Waals surface area contributed by atoms with E-state index in [0.29, 0.717) is 18.8 Å². The Morgan fingerprint density at radius 1 is 1.13 bits per heavy atom. The van der Waals surface area contributed by atoms with Gasteiger partial charge in [-0.05, 0) is 36.2 Å². The first-order valence-electron chi connectivity index (χ1n) is 7.84. The molecule has 1 heterocycles. The Bertz CT molecular complexity index is 793. The first kappa shape index (κ1) is 15.2. The molecule has 0 fully saturated rings. The maximum absolute atomic E-state index is 12.3. The van der Waals surface area contributed by atoms with E-state index in [1.54, 1.807) is 0 Å². The lowest BCUT2D eigenvalue weighted by atomic mass is 10.2. The molecule has 23 heavy (non-hydrogen) atoms. The molecule has 0 radical (unpaired) electrons. The molecular weight excluding hydrogens is 288 g/mol. The van der Waals surface area contributed by atoms with E-state index in [1.165, 1.54) is 0 Å². The smallest absolute Gasteiger partial charge is 0.267 e. The van der Waals surface area contributed by atoms with Crippen LogP contribution in [0.15, 0.2) is 54.6 Å². The Morgan fingerprint density at radius 2 is 1.96 bits per heavy atom. The van der Waals surface area contributed by atoms with Gasteiger partial charge in [0.2, 0.25) is 0 Å². The van der Waals surface area contributed by atoms with Crippen molar-refractivity contribution in [2.24, 2.45) is 0 Å². The number of nitrogens with one attached hydrogen (secondary N) is 2. The summed E-state index contributed by atoms with van der Waals surface area (Å²) < 4.78 is 5.62. The predicted molar refractivity (Wildman–Crippen MR) is 91.7 cm³/mol. The normalized spacial score (nSPS) is 10.7. The second kappa shape index (κ2) is 7.01. The highest BCUT2D eigenvalue weighted by Crippen LogP contribution is 2.22. The summed E-state index contributed by atoms with van der Waals surface area (Å²) in [4.78, 5) is 15.4. The molecular formula is C19H20N2O2. The van der Waals surface area contributed by atoms with Crippen LogP contribution < -0.4 is 10.1 Å². The van der Waals surface area contributed by atoms with Gasteiger partial charge in [0.15, 0.2) is 0 Å². The van der Waals surface area contributed by atoms with E-state index in [2.05, 4.69) is 17.2 Å². The predicted octanol–water partition coefficient (Wildman–Crippen LogP) is 3.89. The number of hydrogen-bond donors (Lipinski definition) is 2. The van der Waals surface area contributed by atoms with Gasteiger partial charge in [-0.25, -0.2) is 0 Å². The fourth-order valence-corrected chi connectivity index (χ4v) is 2.42. The highest BCUT2D eigenvalue weighted by Gasteiger charge is 2.09. The van der Waals surface area contributed by atoms with Crippen molar-refractivity contribution < 1.29 is 9.53 Å². The van der Waals surface area contributed by atoms with Crippen LogP contribution in [0.4, 0.5) is 0 Å². The number of aromatic nitrogens is 1. The van der Waals surface area contributed by atoms with Gasteiger partial charge in [-0.15, -0.1) is 0 Å². The zero-order valence-electron chi connectivity index (χ0n) is 13.1. The Kier molecular flexibility index (Phi) is 4.62. The molecule has 118 valence electrons. The van der Waals surface area contributed by atoms with Crippen molar-refractivity contribution in [2.45, 2.75) is 19.9 Å². The largest absolute Gasteiger partial charge is 0.494 e. The topological polar surface area (TPSA) is 54.1 Å². The van der Waals surface area contributed by atoms with Crippen LogP contribution >= 0.6 is 0 Å². The summed E-state index contributed by atoms with van der Waals surface area (Å²) in [5, 5.41) is 3.90. The van der Waals surface area contributed by atoms with Crippen LogP contribution in [0.3, 0.4) is 0 Å². The number of carbonyl (C=O) groups excluding carboxylic acids is 1. The summed E-state index contributed by atoms with van der Waals surface area (Å²) >= 11 is 0. The third kappa shape index (κ3) is 3.72. The first-order valence-corrected chi connectivity index (χ1v) is 7.84. The molecule has 0 saturated heterocycles. The maximum Gasteiger partial charge on any atom is 0.267 e. The van der Waals surface area contributed by atoms with Gasteiger partial charge in [0, 0.05) is 17.4 Å². The lowest BCUT2D eigenvalue weighted by Crippen LogP contribution is -2.22. The second-order valence-corrected chi connectivity index (χ2v) is 5.45. The summed E-state index contributed by atoms with van der Waals surface area (Å²) in [5.41, 5.74) is 2.56. The molecule has 0 spiro atoms. The number of rotatable bonds is 6. The van der Waals surface area contributed by atoms with E-state index < -0.39 is 0 Å². The van der Waals surface area contributed by atoms with Crippen LogP contribution in [0, 0.1) is 0 Å². The van der Waals surface area contributed by atoms with E-state index in [4.69, 9.17) is 4.74 Å². The number of carbonyl (C=O) groups is 1. The second-order valence-electron chi connectivity index (χ2n) is 5.45. The van der Waals surface area contributed by atoms with Crippen molar-refractivity contribution in [1.29, 1.82) is 0 Å². The molecule has 1 amide bonds. The van der Waals surface area contributed by atoms with Crippen molar-refractivity contribution in [3.63, 3.8) is 0 Å². The lowest BCUT2D eigenvalue weighted by Gasteiger charge is -2.03. The van der Waals surface area contributed by atoms with Crippen LogP contribution in [-0.2, 0) is 6.54 Å². The van der Waals surface area contributed by atoms with E-state index >= 15 is 0 Å². The number of aromatic amines is 1. The zero-order valence-corrected chi connectivity index (χ0v) is 13.1. The number of benzene rings is 2. The molecule has 0 aliphatic rings.